The molecular formula is C15H5ClF5N2O2. The number of hydrogen-bond donors (Lipinski definition) is 0. The second kappa shape index (κ2) is 6.32. The van der Waals surface area contributed by atoms with Gasteiger partial charge in [0.05, 0.1) is 10.6 Å². The SMILES string of the molecule is Fc1ccc(Oc2[c]ccc(-c3noc(C(F)(F)F)n3)c2F)c(Cl)c1. The summed E-state index contributed by atoms with van der Waals surface area (Å²) in [7, 11) is 0. The highest BCUT2D eigenvalue weighted by Gasteiger charge is 2.38. The van der Waals surface area contributed by atoms with Gasteiger partial charge in [-0.25, -0.2) is 8.78 Å². The standard InChI is InChI=1S/C15H5ClF5N2O2/c16-9-6-7(17)4-5-10(9)24-11-3-1-2-8(12(11)18)13-22-14(25-23-13)15(19,20)21/h1-2,4-6H. The van der Waals surface area contributed by atoms with Gasteiger partial charge in [0.25, 0.3) is 0 Å². The summed E-state index contributed by atoms with van der Waals surface area (Å²) in [6.45, 7) is 0. The van der Waals surface area contributed by atoms with Crippen molar-refractivity contribution in [2.24, 2.45) is 0 Å². The third kappa shape index (κ3) is 3.55. The van der Waals surface area contributed by atoms with Gasteiger partial charge in [0, 0.05) is 6.07 Å². The highest BCUT2D eigenvalue weighted by atomic mass is 35.5. The van der Waals surface area contributed by atoms with Crippen molar-refractivity contribution in [3.05, 3.63) is 58.9 Å². The molecule has 0 spiro atoms. The van der Waals surface area contributed by atoms with Gasteiger partial charge >= 0.3 is 12.1 Å². The Kier molecular flexibility index (Phi) is 4.34. The first-order valence-corrected chi connectivity index (χ1v) is 6.88. The van der Waals surface area contributed by atoms with Crippen LogP contribution >= 0.6 is 11.6 Å². The minimum Gasteiger partial charge on any atom is -0.452 e. The molecule has 0 fully saturated rings. The highest BCUT2D eigenvalue weighted by molar-refractivity contribution is 6.32. The predicted molar refractivity (Wildman–Crippen MR) is 75.0 cm³/mol. The molecule has 1 aromatic heterocycles. The van der Waals surface area contributed by atoms with Crippen molar-refractivity contribution in [1.29, 1.82) is 0 Å². The van der Waals surface area contributed by atoms with Crippen LogP contribution < -0.4 is 4.74 Å². The topological polar surface area (TPSA) is 48.2 Å². The van der Waals surface area contributed by atoms with E-state index >= 15 is 0 Å². The second-order valence-electron chi connectivity index (χ2n) is 4.63. The van der Waals surface area contributed by atoms with Gasteiger partial charge < -0.3 is 9.26 Å². The summed E-state index contributed by atoms with van der Waals surface area (Å²) in [5.74, 6) is -4.49. The van der Waals surface area contributed by atoms with Gasteiger partial charge in [0.15, 0.2) is 11.6 Å². The molecule has 0 bridgehead atoms. The van der Waals surface area contributed by atoms with E-state index in [4.69, 9.17) is 16.3 Å². The molecule has 2 aromatic carbocycles. The zero-order valence-electron chi connectivity index (χ0n) is 11.9. The lowest BCUT2D eigenvalue weighted by Gasteiger charge is -2.09. The number of nitrogens with zero attached hydrogens (tertiary/aromatic N) is 2. The van der Waals surface area contributed by atoms with E-state index in [9.17, 15) is 22.0 Å². The molecule has 10 heteroatoms. The number of aromatic nitrogens is 2. The Hall–Kier alpha value is -2.68. The monoisotopic (exact) mass is 375 g/mol. The zero-order valence-corrected chi connectivity index (χ0v) is 12.6. The van der Waals surface area contributed by atoms with Gasteiger partial charge in [-0.1, -0.05) is 16.8 Å². The van der Waals surface area contributed by atoms with Gasteiger partial charge in [-0.2, -0.15) is 18.2 Å². The number of halogens is 6. The first-order valence-electron chi connectivity index (χ1n) is 6.50. The third-order valence-electron chi connectivity index (χ3n) is 2.92. The van der Waals surface area contributed by atoms with E-state index in [-0.39, 0.29) is 10.8 Å². The number of benzene rings is 2. The van der Waals surface area contributed by atoms with Gasteiger partial charge in [-0.3, -0.25) is 0 Å². The van der Waals surface area contributed by atoms with Crippen molar-refractivity contribution in [2.45, 2.75) is 6.18 Å². The summed E-state index contributed by atoms with van der Waals surface area (Å²) < 4.78 is 74.2. The fraction of sp³-hybridized carbons (Fsp3) is 0.0667. The summed E-state index contributed by atoms with van der Waals surface area (Å²) in [5, 5.41) is 2.97. The Morgan fingerprint density at radius 2 is 1.92 bits per heavy atom. The van der Waals surface area contributed by atoms with Crippen LogP contribution in [0.5, 0.6) is 11.5 Å². The summed E-state index contributed by atoms with van der Waals surface area (Å²) in [6.07, 6.45) is -4.86. The Morgan fingerprint density at radius 3 is 2.56 bits per heavy atom. The quantitative estimate of drug-likeness (QED) is 0.584. The Balaban J connectivity index is 1.96. The highest BCUT2D eigenvalue weighted by Crippen LogP contribution is 2.35. The van der Waals surface area contributed by atoms with Crippen LogP contribution in [0.15, 0.2) is 34.9 Å². The van der Waals surface area contributed by atoms with Crippen molar-refractivity contribution in [1.82, 2.24) is 10.1 Å². The van der Waals surface area contributed by atoms with Crippen LogP contribution in [0, 0.1) is 17.7 Å². The molecule has 0 aliphatic carbocycles. The zero-order chi connectivity index (χ0) is 18.2. The fourth-order valence-electron chi connectivity index (χ4n) is 1.82. The lowest BCUT2D eigenvalue weighted by atomic mass is 10.2. The van der Waals surface area contributed by atoms with Crippen molar-refractivity contribution in [3.63, 3.8) is 0 Å². The molecule has 1 heterocycles. The molecule has 1 radical (unpaired) electrons. The molecule has 0 atom stereocenters. The van der Waals surface area contributed by atoms with Crippen molar-refractivity contribution >= 4 is 11.6 Å². The molecule has 0 unspecified atom stereocenters. The van der Waals surface area contributed by atoms with Crippen LogP contribution in [0.1, 0.15) is 5.89 Å². The van der Waals surface area contributed by atoms with Crippen LogP contribution in [0.4, 0.5) is 22.0 Å². The molecule has 3 aromatic rings. The normalized spacial score (nSPS) is 11.6. The molecular weight excluding hydrogens is 371 g/mol. The maximum absolute atomic E-state index is 14.5. The van der Waals surface area contributed by atoms with Gasteiger partial charge in [-0.05, 0) is 30.3 Å². The maximum Gasteiger partial charge on any atom is 0.471 e. The van der Waals surface area contributed by atoms with E-state index in [1.165, 1.54) is 6.07 Å². The minimum atomic E-state index is -4.86. The molecule has 0 amide bonds. The first kappa shape index (κ1) is 17.2. The van der Waals surface area contributed by atoms with E-state index in [1.54, 1.807) is 0 Å². The molecule has 0 N–H and O–H groups in total. The fourth-order valence-corrected chi connectivity index (χ4v) is 2.03. The van der Waals surface area contributed by atoms with Crippen LogP contribution in [-0.4, -0.2) is 10.1 Å². The minimum absolute atomic E-state index is 0.0699. The number of alkyl halides is 3. The molecule has 0 saturated heterocycles. The lowest BCUT2D eigenvalue weighted by molar-refractivity contribution is -0.159. The molecule has 129 valence electrons. The first-order chi connectivity index (χ1) is 11.8. The van der Waals surface area contributed by atoms with Crippen LogP contribution in [-0.2, 0) is 6.18 Å². The summed E-state index contributed by atoms with van der Waals surface area (Å²) in [6, 6.07) is 7.85. The largest absolute Gasteiger partial charge is 0.471 e. The maximum atomic E-state index is 14.5. The smallest absolute Gasteiger partial charge is 0.452 e. The number of rotatable bonds is 3. The molecule has 0 aliphatic heterocycles. The van der Waals surface area contributed by atoms with Gasteiger partial charge in [-0.15, -0.1) is 0 Å². The Bertz CT molecular complexity index is 927. The van der Waals surface area contributed by atoms with E-state index in [0.717, 1.165) is 24.3 Å². The van der Waals surface area contributed by atoms with Crippen LogP contribution in [0.25, 0.3) is 11.4 Å². The van der Waals surface area contributed by atoms with Crippen molar-refractivity contribution in [3.8, 4) is 22.9 Å². The molecule has 0 saturated carbocycles. The molecule has 0 aliphatic rings. The Morgan fingerprint density at radius 1 is 1.16 bits per heavy atom. The van der Waals surface area contributed by atoms with E-state index in [0.29, 0.717) is 0 Å². The number of hydrogen-bond acceptors (Lipinski definition) is 4. The van der Waals surface area contributed by atoms with Crippen molar-refractivity contribution in [2.75, 3.05) is 0 Å². The molecule has 4 nitrogen and oxygen atoms in total. The second-order valence-corrected chi connectivity index (χ2v) is 5.04. The van der Waals surface area contributed by atoms with E-state index in [1.807, 2.05) is 0 Å². The number of ether oxygens (including phenoxy) is 1. The van der Waals surface area contributed by atoms with Crippen molar-refractivity contribution < 1.29 is 31.2 Å². The Labute approximate surface area is 141 Å². The van der Waals surface area contributed by atoms with Crippen LogP contribution in [0.3, 0.4) is 0 Å². The molecule has 3 rings (SSSR count). The average molecular weight is 376 g/mol. The van der Waals surface area contributed by atoms with Crippen LogP contribution in [0.2, 0.25) is 5.02 Å². The average Bonchev–Trinajstić information content (AvgIpc) is 3.02. The third-order valence-corrected chi connectivity index (χ3v) is 3.21. The van der Waals surface area contributed by atoms with Gasteiger partial charge in [0.2, 0.25) is 5.82 Å². The van der Waals surface area contributed by atoms with E-state index in [2.05, 4.69) is 20.7 Å². The summed E-state index contributed by atoms with van der Waals surface area (Å²) >= 11 is 5.78. The van der Waals surface area contributed by atoms with Gasteiger partial charge in [0.1, 0.15) is 11.6 Å². The summed E-state index contributed by atoms with van der Waals surface area (Å²) in [5.41, 5.74) is -0.397. The predicted octanol–water partition coefficient (Wildman–Crippen LogP) is 5.28. The van der Waals surface area contributed by atoms with E-state index < -0.39 is 40.8 Å². The molecule has 25 heavy (non-hydrogen) atoms. The lowest BCUT2D eigenvalue weighted by Crippen LogP contribution is -2.05. The summed E-state index contributed by atoms with van der Waals surface area (Å²) in [4.78, 5) is 3.10.